The summed E-state index contributed by atoms with van der Waals surface area (Å²) in [6.07, 6.45) is -0.199. The van der Waals surface area contributed by atoms with E-state index < -0.39 is 11.6 Å². The van der Waals surface area contributed by atoms with Gasteiger partial charge in [0.1, 0.15) is 0 Å². The Bertz CT molecular complexity index is 965. The van der Waals surface area contributed by atoms with Crippen LogP contribution in [0.1, 0.15) is 51.3 Å². The number of amides is 3. The zero-order valence-corrected chi connectivity index (χ0v) is 22.1. The number of nitrogens with one attached hydrogen (secondary N) is 2. The molecule has 0 saturated heterocycles. The third-order valence-corrected chi connectivity index (χ3v) is 6.06. The first-order valence-electron chi connectivity index (χ1n) is 10.8. The molecular weight excluding hydrogens is 499 g/mol. The van der Waals surface area contributed by atoms with Gasteiger partial charge in [0.25, 0.3) is 0 Å². The topological polar surface area (TPSA) is 108 Å². The predicted molar refractivity (Wildman–Crippen MR) is 141 cm³/mol. The van der Waals surface area contributed by atoms with Gasteiger partial charge in [-0.05, 0) is 62.6 Å². The Morgan fingerprint density at radius 2 is 1.74 bits per heavy atom. The van der Waals surface area contributed by atoms with Crippen LogP contribution >= 0.6 is 35.6 Å². The molecule has 2 atom stereocenters. The van der Waals surface area contributed by atoms with Crippen molar-refractivity contribution in [3.63, 3.8) is 0 Å². The molecule has 2 aromatic carbocycles. The van der Waals surface area contributed by atoms with E-state index in [1.54, 1.807) is 49.1 Å². The minimum Gasteiger partial charge on any atom is -0.387 e. The van der Waals surface area contributed by atoms with Crippen molar-refractivity contribution in [1.29, 1.82) is 0 Å². The first-order chi connectivity index (χ1) is 15.4. The lowest BCUT2D eigenvalue weighted by atomic mass is 10.1. The van der Waals surface area contributed by atoms with Crippen LogP contribution < -0.4 is 16.4 Å². The molecular formula is C24H33Cl3N4O3. The van der Waals surface area contributed by atoms with Crippen molar-refractivity contribution < 1.29 is 14.7 Å². The minimum absolute atomic E-state index is 0. The van der Waals surface area contributed by atoms with Gasteiger partial charge >= 0.3 is 6.03 Å². The smallest absolute Gasteiger partial charge is 0.322 e. The van der Waals surface area contributed by atoms with Crippen molar-refractivity contribution in [2.45, 2.75) is 58.3 Å². The summed E-state index contributed by atoms with van der Waals surface area (Å²) in [4.78, 5) is 26.5. The van der Waals surface area contributed by atoms with Crippen LogP contribution in [0.25, 0.3) is 0 Å². The molecule has 0 aromatic heterocycles. The molecule has 0 saturated carbocycles. The molecule has 3 amide bonds. The van der Waals surface area contributed by atoms with Crippen LogP contribution in [0.5, 0.6) is 0 Å². The molecule has 188 valence electrons. The van der Waals surface area contributed by atoms with E-state index in [-0.39, 0.29) is 36.9 Å². The molecule has 0 aliphatic heterocycles. The van der Waals surface area contributed by atoms with E-state index in [2.05, 4.69) is 10.6 Å². The summed E-state index contributed by atoms with van der Waals surface area (Å²) in [5.74, 6) is -0.246. The maximum Gasteiger partial charge on any atom is 0.322 e. The Kier molecular flexibility index (Phi) is 11.6. The Morgan fingerprint density at radius 3 is 2.26 bits per heavy atom. The average molecular weight is 532 g/mol. The summed E-state index contributed by atoms with van der Waals surface area (Å²) in [6.45, 7) is 7.61. The molecule has 0 fully saturated rings. The molecule has 0 bridgehead atoms. The van der Waals surface area contributed by atoms with Gasteiger partial charge in [0.05, 0.1) is 28.2 Å². The highest BCUT2D eigenvalue weighted by Crippen LogP contribution is 2.26. The van der Waals surface area contributed by atoms with Gasteiger partial charge < -0.3 is 26.4 Å². The standard InChI is InChI=1S/C24H32Cl2N4O3.ClH/c1-5-15(2)30(14-21(31)17-8-11-19(25)20(26)12-17)23(33)29-18-9-6-16(7-10-18)13-28-22(32)24(3,4)27;/h6-12,15,21,31H,5,13-14,27H2,1-4H3,(H,28,32)(H,29,33);1H/t15-,21-;/m1./s1. The van der Waals surface area contributed by atoms with Crippen molar-refractivity contribution in [2.24, 2.45) is 5.73 Å². The summed E-state index contributed by atoms with van der Waals surface area (Å²) in [6, 6.07) is 11.6. The summed E-state index contributed by atoms with van der Waals surface area (Å²) >= 11 is 12.0. The second-order valence-electron chi connectivity index (χ2n) is 8.63. The number of nitrogens with zero attached hydrogens (tertiary/aromatic N) is 1. The van der Waals surface area contributed by atoms with Crippen LogP contribution in [0.15, 0.2) is 42.5 Å². The zero-order chi connectivity index (χ0) is 24.8. The van der Waals surface area contributed by atoms with Crippen molar-refractivity contribution in [3.8, 4) is 0 Å². The Balaban J connectivity index is 0.00000578. The van der Waals surface area contributed by atoms with Gasteiger partial charge in [0.15, 0.2) is 0 Å². The highest BCUT2D eigenvalue weighted by molar-refractivity contribution is 6.42. The highest BCUT2D eigenvalue weighted by Gasteiger charge is 2.24. The lowest BCUT2D eigenvalue weighted by molar-refractivity contribution is -0.125. The molecule has 0 unspecified atom stereocenters. The third kappa shape index (κ3) is 8.64. The number of anilines is 1. The molecule has 0 heterocycles. The maximum absolute atomic E-state index is 13.0. The summed E-state index contributed by atoms with van der Waals surface area (Å²) < 4.78 is 0. The third-order valence-electron chi connectivity index (χ3n) is 5.33. The number of nitrogens with two attached hydrogens (primary N) is 1. The number of benzene rings is 2. The molecule has 34 heavy (non-hydrogen) atoms. The van der Waals surface area contributed by atoms with Crippen molar-refractivity contribution in [1.82, 2.24) is 10.2 Å². The van der Waals surface area contributed by atoms with Crippen molar-refractivity contribution in [2.75, 3.05) is 11.9 Å². The van der Waals surface area contributed by atoms with E-state index in [4.69, 9.17) is 28.9 Å². The van der Waals surface area contributed by atoms with Gasteiger partial charge in [0.2, 0.25) is 5.91 Å². The zero-order valence-electron chi connectivity index (χ0n) is 19.8. The van der Waals surface area contributed by atoms with Crippen LogP contribution in [0.2, 0.25) is 10.0 Å². The van der Waals surface area contributed by atoms with Crippen LogP contribution in [0.4, 0.5) is 10.5 Å². The number of urea groups is 1. The Labute approximate surface area is 217 Å². The number of rotatable bonds is 9. The molecule has 2 aromatic rings. The van der Waals surface area contributed by atoms with E-state index >= 15 is 0 Å². The summed E-state index contributed by atoms with van der Waals surface area (Å²) in [5, 5.41) is 17.1. The van der Waals surface area contributed by atoms with E-state index in [0.717, 1.165) is 12.0 Å². The number of hydrogen-bond acceptors (Lipinski definition) is 4. The van der Waals surface area contributed by atoms with Gasteiger partial charge in [-0.25, -0.2) is 4.79 Å². The van der Waals surface area contributed by atoms with Crippen LogP contribution in [0.3, 0.4) is 0 Å². The van der Waals surface area contributed by atoms with Crippen LogP contribution in [-0.2, 0) is 11.3 Å². The second-order valence-corrected chi connectivity index (χ2v) is 9.44. The number of hydrogen-bond donors (Lipinski definition) is 4. The fraction of sp³-hybridized carbons (Fsp3) is 0.417. The molecule has 0 radical (unpaired) electrons. The van der Waals surface area contributed by atoms with Gasteiger partial charge in [-0.15, -0.1) is 12.4 Å². The second kappa shape index (κ2) is 13.2. The van der Waals surface area contributed by atoms with Crippen molar-refractivity contribution >= 4 is 53.2 Å². The average Bonchev–Trinajstić information content (AvgIpc) is 2.77. The fourth-order valence-corrected chi connectivity index (χ4v) is 3.31. The molecule has 0 spiro atoms. The molecule has 5 N–H and O–H groups in total. The number of carbonyl (C=O) groups is 2. The number of carbonyl (C=O) groups excluding carboxylic acids is 2. The van der Waals surface area contributed by atoms with Gasteiger partial charge in [0, 0.05) is 18.3 Å². The molecule has 0 aliphatic carbocycles. The molecule has 2 rings (SSSR count). The summed E-state index contributed by atoms with van der Waals surface area (Å²) in [5.41, 5.74) is 6.89. The Morgan fingerprint density at radius 1 is 1.12 bits per heavy atom. The Hall–Kier alpha value is -2.03. The predicted octanol–water partition coefficient (Wildman–Crippen LogP) is 5.13. The number of aliphatic hydroxyl groups is 1. The quantitative estimate of drug-likeness (QED) is 0.359. The molecule has 7 nitrogen and oxygen atoms in total. The van der Waals surface area contributed by atoms with Gasteiger partial charge in [-0.1, -0.05) is 48.3 Å². The van der Waals surface area contributed by atoms with E-state index in [0.29, 0.717) is 27.8 Å². The van der Waals surface area contributed by atoms with Gasteiger partial charge in [-0.3, -0.25) is 4.79 Å². The number of aliphatic hydroxyl groups excluding tert-OH is 1. The SMILES string of the molecule is CC[C@@H](C)N(C[C@@H](O)c1ccc(Cl)c(Cl)c1)C(=O)Nc1ccc(CNC(=O)C(C)(C)N)cc1.Cl. The fourth-order valence-electron chi connectivity index (χ4n) is 3.01. The monoisotopic (exact) mass is 530 g/mol. The number of halogens is 3. The normalized spacial score (nSPS) is 12.8. The van der Waals surface area contributed by atoms with Crippen molar-refractivity contribution in [3.05, 3.63) is 63.6 Å². The van der Waals surface area contributed by atoms with Crippen LogP contribution in [-0.4, -0.2) is 40.1 Å². The first kappa shape index (κ1) is 30.0. The summed E-state index contributed by atoms with van der Waals surface area (Å²) in [7, 11) is 0. The lowest BCUT2D eigenvalue weighted by Gasteiger charge is -2.31. The lowest BCUT2D eigenvalue weighted by Crippen LogP contribution is -2.48. The minimum atomic E-state index is -0.949. The van der Waals surface area contributed by atoms with E-state index in [1.165, 1.54) is 0 Å². The molecule has 0 aliphatic rings. The highest BCUT2D eigenvalue weighted by atomic mass is 35.5. The first-order valence-corrected chi connectivity index (χ1v) is 11.5. The maximum atomic E-state index is 13.0. The van der Waals surface area contributed by atoms with Crippen LogP contribution in [0, 0.1) is 0 Å². The largest absolute Gasteiger partial charge is 0.387 e. The van der Waals surface area contributed by atoms with Gasteiger partial charge in [-0.2, -0.15) is 0 Å². The van der Waals surface area contributed by atoms with E-state index in [1.807, 2.05) is 26.0 Å². The molecule has 10 heteroatoms. The van der Waals surface area contributed by atoms with E-state index in [9.17, 15) is 14.7 Å².